The fourth-order valence-corrected chi connectivity index (χ4v) is 2.96. The zero-order chi connectivity index (χ0) is 14.7. The van der Waals surface area contributed by atoms with Gasteiger partial charge < -0.3 is 10.9 Å². The first-order chi connectivity index (χ1) is 9.52. The van der Waals surface area contributed by atoms with E-state index >= 15 is 0 Å². The summed E-state index contributed by atoms with van der Waals surface area (Å²) >= 11 is 0. The molecule has 3 N–H and O–H groups in total. The minimum absolute atomic E-state index is 0.0446. The van der Waals surface area contributed by atoms with Crippen LogP contribution in [-0.2, 0) is 6.54 Å². The van der Waals surface area contributed by atoms with Crippen molar-refractivity contribution < 1.29 is 9.60 Å². The maximum absolute atomic E-state index is 13.4. The van der Waals surface area contributed by atoms with Gasteiger partial charge in [-0.2, -0.15) is 0 Å². The van der Waals surface area contributed by atoms with Crippen molar-refractivity contribution in [2.24, 2.45) is 10.9 Å². The second kappa shape index (κ2) is 6.22. The standard InChI is InChI=1S/C15H22FN3O/c1-10-4-3-5-11(2)19(10)9-12-6-7-13(16)8-14(12)15(17)18-20/h6-8,10-11,20H,3-5,9H2,1-2H3,(H2,17,18). The van der Waals surface area contributed by atoms with E-state index in [0.29, 0.717) is 24.2 Å². The first-order valence-electron chi connectivity index (χ1n) is 7.05. The molecule has 110 valence electrons. The van der Waals surface area contributed by atoms with E-state index in [0.717, 1.165) is 5.56 Å². The molecule has 0 aliphatic carbocycles. The summed E-state index contributed by atoms with van der Waals surface area (Å²) in [6.45, 7) is 5.11. The van der Waals surface area contributed by atoms with E-state index in [4.69, 9.17) is 10.9 Å². The summed E-state index contributed by atoms with van der Waals surface area (Å²) < 4.78 is 13.4. The molecule has 1 aliphatic rings. The summed E-state index contributed by atoms with van der Waals surface area (Å²) in [5, 5.41) is 11.8. The van der Waals surface area contributed by atoms with E-state index in [-0.39, 0.29) is 11.7 Å². The first-order valence-corrected chi connectivity index (χ1v) is 7.05. The molecule has 20 heavy (non-hydrogen) atoms. The van der Waals surface area contributed by atoms with Crippen LogP contribution < -0.4 is 5.73 Å². The van der Waals surface area contributed by atoms with Crippen molar-refractivity contribution in [1.82, 2.24) is 4.90 Å². The van der Waals surface area contributed by atoms with Gasteiger partial charge in [0.25, 0.3) is 0 Å². The Hall–Kier alpha value is -1.62. The Kier molecular flexibility index (Phi) is 4.60. The highest BCUT2D eigenvalue weighted by molar-refractivity contribution is 5.98. The minimum Gasteiger partial charge on any atom is -0.409 e. The van der Waals surface area contributed by atoms with Crippen LogP contribution >= 0.6 is 0 Å². The molecule has 4 nitrogen and oxygen atoms in total. The monoisotopic (exact) mass is 279 g/mol. The Balaban J connectivity index is 2.28. The van der Waals surface area contributed by atoms with Gasteiger partial charge in [0.15, 0.2) is 5.84 Å². The number of benzene rings is 1. The fourth-order valence-electron chi connectivity index (χ4n) is 2.96. The molecular formula is C15H22FN3O. The normalized spacial score (nSPS) is 24.9. The van der Waals surface area contributed by atoms with Crippen LogP contribution in [-0.4, -0.2) is 28.0 Å². The molecule has 0 radical (unpaired) electrons. The summed E-state index contributed by atoms with van der Waals surface area (Å²) in [5.41, 5.74) is 7.01. The lowest BCUT2D eigenvalue weighted by Crippen LogP contribution is -2.43. The van der Waals surface area contributed by atoms with Crippen molar-refractivity contribution in [3.63, 3.8) is 0 Å². The van der Waals surface area contributed by atoms with E-state index in [1.165, 1.54) is 31.4 Å². The third kappa shape index (κ3) is 3.10. The van der Waals surface area contributed by atoms with Crippen LogP contribution in [0.2, 0.25) is 0 Å². The van der Waals surface area contributed by atoms with E-state index in [9.17, 15) is 4.39 Å². The van der Waals surface area contributed by atoms with E-state index in [1.807, 2.05) is 0 Å². The highest BCUT2D eigenvalue weighted by Gasteiger charge is 2.25. The van der Waals surface area contributed by atoms with Gasteiger partial charge >= 0.3 is 0 Å². The fraction of sp³-hybridized carbons (Fsp3) is 0.533. The minimum atomic E-state index is -0.380. The van der Waals surface area contributed by atoms with Crippen LogP contribution in [0.15, 0.2) is 23.4 Å². The maximum atomic E-state index is 13.4. The van der Waals surface area contributed by atoms with E-state index in [2.05, 4.69) is 23.9 Å². The van der Waals surface area contributed by atoms with E-state index in [1.54, 1.807) is 6.07 Å². The number of halogens is 1. The molecule has 1 heterocycles. The molecule has 1 aromatic carbocycles. The number of nitrogens with two attached hydrogens (primary N) is 1. The summed E-state index contributed by atoms with van der Waals surface area (Å²) in [7, 11) is 0. The largest absolute Gasteiger partial charge is 0.409 e. The lowest BCUT2D eigenvalue weighted by Gasteiger charge is -2.39. The van der Waals surface area contributed by atoms with Gasteiger partial charge in [0, 0.05) is 24.2 Å². The smallest absolute Gasteiger partial charge is 0.170 e. The summed E-state index contributed by atoms with van der Waals surface area (Å²) in [4.78, 5) is 2.39. The topological polar surface area (TPSA) is 61.8 Å². The average Bonchev–Trinajstić information content (AvgIpc) is 2.43. The third-order valence-electron chi connectivity index (χ3n) is 4.18. The highest BCUT2D eigenvalue weighted by Crippen LogP contribution is 2.25. The molecule has 0 saturated carbocycles. The van der Waals surface area contributed by atoms with Gasteiger partial charge in [-0.15, -0.1) is 0 Å². The van der Waals surface area contributed by atoms with Gasteiger partial charge in [-0.3, -0.25) is 4.90 Å². The SMILES string of the molecule is CC1CCCC(C)N1Cc1ccc(F)cc1C(N)=NO. The molecule has 2 unspecified atom stereocenters. The van der Waals surface area contributed by atoms with Crippen LogP contribution in [0, 0.1) is 5.82 Å². The van der Waals surface area contributed by atoms with Gasteiger partial charge in [0.2, 0.25) is 0 Å². The third-order valence-corrected chi connectivity index (χ3v) is 4.18. The average molecular weight is 279 g/mol. The molecular weight excluding hydrogens is 257 g/mol. The van der Waals surface area contributed by atoms with Crippen LogP contribution in [0.3, 0.4) is 0 Å². The van der Waals surface area contributed by atoms with E-state index < -0.39 is 0 Å². The number of nitrogens with zero attached hydrogens (tertiary/aromatic N) is 2. The van der Waals surface area contributed by atoms with Crippen molar-refractivity contribution in [3.8, 4) is 0 Å². The number of likely N-dealkylation sites (tertiary alicyclic amines) is 1. The zero-order valence-electron chi connectivity index (χ0n) is 12.0. The van der Waals surface area contributed by atoms with Gasteiger partial charge in [-0.25, -0.2) is 4.39 Å². The molecule has 0 amide bonds. The zero-order valence-corrected chi connectivity index (χ0v) is 12.0. The van der Waals surface area contributed by atoms with Crippen molar-refractivity contribution in [3.05, 3.63) is 35.1 Å². The Morgan fingerprint density at radius 3 is 2.65 bits per heavy atom. The molecule has 0 aromatic heterocycles. The highest BCUT2D eigenvalue weighted by atomic mass is 19.1. The predicted octanol–water partition coefficient (Wildman–Crippen LogP) is 2.68. The molecule has 0 bridgehead atoms. The molecule has 1 fully saturated rings. The Bertz CT molecular complexity index is 494. The quantitative estimate of drug-likeness (QED) is 0.387. The van der Waals surface area contributed by atoms with Crippen LogP contribution in [0.25, 0.3) is 0 Å². The number of piperidine rings is 1. The number of oxime groups is 1. The van der Waals surface area contributed by atoms with Gasteiger partial charge in [-0.1, -0.05) is 17.6 Å². The van der Waals surface area contributed by atoms with Gasteiger partial charge in [0.1, 0.15) is 5.82 Å². The van der Waals surface area contributed by atoms with Gasteiger partial charge in [-0.05, 0) is 44.4 Å². The first kappa shape index (κ1) is 14.8. The lowest BCUT2D eigenvalue weighted by atomic mass is 9.95. The molecule has 1 aliphatic heterocycles. The van der Waals surface area contributed by atoms with Crippen molar-refractivity contribution in [2.75, 3.05) is 0 Å². The number of hydrogen-bond acceptors (Lipinski definition) is 3. The van der Waals surface area contributed by atoms with Crippen LogP contribution in [0.4, 0.5) is 4.39 Å². The maximum Gasteiger partial charge on any atom is 0.170 e. The van der Waals surface area contributed by atoms with Crippen LogP contribution in [0.5, 0.6) is 0 Å². The predicted molar refractivity (Wildman–Crippen MR) is 77.2 cm³/mol. The number of amidine groups is 1. The molecule has 1 saturated heterocycles. The Morgan fingerprint density at radius 1 is 1.40 bits per heavy atom. The molecule has 1 aromatic rings. The molecule has 2 rings (SSSR count). The second-order valence-electron chi connectivity index (χ2n) is 5.59. The summed E-state index contributed by atoms with van der Waals surface area (Å²) in [6, 6.07) is 5.44. The van der Waals surface area contributed by atoms with Gasteiger partial charge in [0.05, 0.1) is 0 Å². The summed E-state index contributed by atoms with van der Waals surface area (Å²) in [6.07, 6.45) is 3.59. The molecule has 2 atom stereocenters. The molecule has 5 heteroatoms. The Labute approximate surface area is 119 Å². The number of rotatable bonds is 3. The van der Waals surface area contributed by atoms with Crippen molar-refractivity contribution in [1.29, 1.82) is 0 Å². The van der Waals surface area contributed by atoms with Crippen molar-refractivity contribution in [2.45, 2.75) is 51.7 Å². The van der Waals surface area contributed by atoms with Crippen LogP contribution in [0.1, 0.15) is 44.2 Å². The molecule has 0 spiro atoms. The lowest BCUT2D eigenvalue weighted by molar-refractivity contribution is 0.0952. The Morgan fingerprint density at radius 2 is 2.05 bits per heavy atom. The van der Waals surface area contributed by atoms with Crippen molar-refractivity contribution >= 4 is 5.84 Å². The number of hydrogen-bond donors (Lipinski definition) is 2. The summed E-state index contributed by atoms with van der Waals surface area (Å²) in [5.74, 6) is -0.424. The second-order valence-corrected chi connectivity index (χ2v) is 5.59.